The number of pyridine rings is 1. The molecule has 1 amide bonds. The van der Waals surface area contributed by atoms with E-state index in [2.05, 4.69) is 15.5 Å². The maximum absolute atomic E-state index is 12.8. The summed E-state index contributed by atoms with van der Waals surface area (Å²) in [4.78, 5) is 47.7. The van der Waals surface area contributed by atoms with Crippen LogP contribution in [0.15, 0.2) is 41.7 Å². The van der Waals surface area contributed by atoms with Gasteiger partial charge in [-0.1, -0.05) is 12.1 Å². The van der Waals surface area contributed by atoms with Crippen LogP contribution in [0.2, 0.25) is 0 Å². The largest absolute Gasteiger partial charge is 0.416 e. The Morgan fingerprint density at radius 1 is 1.19 bits per heavy atom. The number of amides is 1. The number of Topliss-reactive ketones (excluding diaryl/α,β-unsaturated/α-hetero) is 1. The number of hydrogen-bond donors (Lipinski definition) is 1. The Bertz CT molecular complexity index is 881. The predicted octanol–water partition coefficient (Wildman–Crippen LogP) is 2.66. The van der Waals surface area contributed by atoms with Crippen molar-refractivity contribution in [3.8, 4) is 11.1 Å². The first-order valence-corrected chi connectivity index (χ1v) is 7.03. The third-order valence-corrected chi connectivity index (χ3v) is 3.26. The third-order valence-electron chi connectivity index (χ3n) is 3.26. The summed E-state index contributed by atoms with van der Waals surface area (Å²) in [5, 5.41) is 4.73. The molecule has 0 saturated heterocycles. The van der Waals surface area contributed by atoms with E-state index in [1.54, 1.807) is 0 Å². The van der Waals surface area contributed by atoms with Crippen molar-refractivity contribution in [2.75, 3.05) is 6.54 Å². The highest BCUT2D eigenvalue weighted by Gasteiger charge is 2.30. The number of nitrogens with one attached hydrogen (secondary N) is 1. The third kappa shape index (κ3) is 4.35. The molecule has 0 aliphatic carbocycles. The SMILES string of the molecule is O=CC(=O)CNC(=O)c1ncc(-c2cccc(C(F)(F)F)c2)cc1N=O. The molecule has 0 unspecified atom stereocenters. The Kier molecular flexibility index (Phi) is 5.55. The predicted molar refractivity (Wildman–Crippen MR) is 83.5 cm³/mol. The minimum Gasteiger partial charge on any atom is -0.343 e. The highest BCUT2D eigenvalue weighted by molar-refractivity contribution is 6.26. The fourth-order valence-corrected chi connectivity index (χ4v) is 2.02. The first kappa shape index (κ1) is 18.9. The number of aromatic nitrogens is 1. The summed E-state index contributed by atoms with van der Waals surface area (Å²) in [5.74, 6) is -1.81. The van der Waals surface area contributed by atoms with Gasteiger partial charge in [0, 0.05) is 11.8 Å². The highest BCUT2D eigenvalue weighted by Crippen LogP contribution is 2.33. The molecule has 0 aliphatic heterocycles. The zero-order chi connectivity index (χ0) is 19.3. The molecule has 2 rings (SSSR count). The fourth-order valence-electron chi connectivity index (χ4n) is 2.02. The number of hydrogen-bond acceptors (Lipinski definition) is 6. The number of nitrogens with zero attached hydrogens (tertiary/aromatic N) is 2. The molecule has 0 atom stereocenters. The van der Waals surface area contributed by atoms with Crippen LogP contribution in [0.1, 0.15) is 16.1 Å². The van der Waals surface area contributed by atoms with Crippen molar-refractivity contribution in [1.29, 1.82) is 0 Å². The van der Waals surface area contributed by atoms with Gasteiger partial charge in [-0.15, -0.1) is 4.91 Å². The van der Waals surface area contributed by atoms with Crippen molar-refractivity contribution in [1.82, 2.24) is 10.3 Å². The number of rotatable bonds is 6. The molecule has 10 heteroatoms. The molecule has 1 aromatic carbocycles. The smallest absolute Gasteiger partial charge is 0.343 e. The van der Waals surface area contributed by atoms with Gasteiger partial charge in [0.15, 0.2) is 12.0 Å². The van der Waals surface area contributed by atoms with E-state index in [1.165, 1.54) is 12.1 Å². The molecule has 2 aromatic rings. The molecule has 0 spiro atoms. The highest BCUT2D eigenvalue weighted by atomic mass is 19.4. The average Bonchev–Trinajstić information content (AvgIpc) is 2.64. The van der Waals surface area contributed by atoms with Gasteiger partial charge in [0.2, 0.25) is 5.78 Å². The number of nitroso groups, excluding NO2 is 1. The van der Waals surface area contributed by atoms with Crippen LogP contribution in [0.25, 0.3) is 11.1 Å². The van der Waals surface area contributed by atoms with Crippen molar-refractivity contribution < 1.29 is 27.6 Å². The van der Waals surface area contributed by atoms with Gasteiger partial charge in [-0.05, 0) is 28.9 Å². The zero-order valence-electron chi connectivity index (χ0n) is 12.9. The van der Waals surface area contributed by atoms with Crippen molar-refractivity contribution in [2.24, 2.45) is 5.18 Å². The second kappa shape index (κ2) is 7.64. The molecule has 1 heterocycles. The van der Waals surface area contributed by atoms with Crippen LogP contribution in [0.5, 0.6) is 0 Å². The van der Waals surface area contributed by atoms with Gasteiger partial charge in [0.1, 0.15) is 5.69 Å². The van der Waals surface area contributed by atoms with E-state index in [-0.39, 0.29) is 17.4 Å². The average molecular weight is 365 g/mol. The molecular weight excluding hydrogens is 355 g/mol. The molecule has 0 aliphatic rings. The molecular formula is C16H10F3N3O4. The molecule has 0 bridgehead atoms. The van der Waals surface area contributed by atoms with Crippen LogP contribution in [-0.2, 0) is 15.8 Å². The van der Waals surface area contributed by atoms with Gasteiger partial charge < -0.3 is 5.32 Å². The van der Waals surface area contributed by atoms with Gasteiger partial charge in [-0.3, -0.25) is 14.4 Å². The molecule has 7 nitrogen and oxygen atoms in total. The van der Waals surface area contributed by atoms with Crippen LogP contribution in [0.3, 0.4) is 0 Å². The van der Waals surface area contributed by atoms with Gasteiger partial charge in [0.25, 0.3) is 5.91 Å². The first-order chi connectivity index (χ1) is 12.3. The number of carbonyl (C=O) groups excluding carboxylic acids is 3. The van der Waals surface area contributed by atoms with E-state index in [0.29, 0.717) is 0 Å². The molecule has 1 aromatic heterocycles. The maximum Gasteiger partial charge on any atom is 0.416 e. The van der Waals surface area contributed by atoms with E-state index in [4.69, 9.17) is 0 Å². The lowest BCUT2D eigenvalue weighted by molar-refractivity contribution is -0.137. The quantitative estimate of drug-likeness (QED) is 0.481. The molecule has 0 saturated carbocycles. The van der Waals surface area contributed by atoms with Crippen LogP contribution in [0.4, 0.5) is 18.9 Å². The molecule has 0 radical (unpaired) electrons. The summed E-state index contributed by atoms with van der Waals surface area (Å²) in [6.45, 7) is -0.586. The van der Waals surface area contributed by atoms with Gasteiger partial charge >= 0.3 is 6.18 Å². The van der Waals surface area contributed by atoms with Crippen molar-refractivity contribution >= 4 is 23.7 Å². The maximum atomic E-state index is 12.8. The van der Waals surface area contributed by atoms with Crippen molar-refractivity contribution in [3.05, 3.63) is 52.7 Å². The zero-order valence-corrected chi connectivity index (χ0v) is 12.9. The lowest BCUT2D eigenvalue weighted by Crippen LogP contribution is -2.30. The second-order valence-electron chi connectivity index (χ2n) is 5.03. The van der Waals surface area contributed by atoms with Crippen LogP contribution < -0.4 is 5.32 Å². The fraction of sp³-hybridized carbons (Fsp3) is 0.125. The van der Waals surface area contributed by atoms with Gasteiger partial charge in [0.05, 0.1) is 12.1 Å². The Labute approximate surface area is 144 Å². The second-order valence-corrected chi connectivity index (χ2v) is 5.03. The summed E-state index contributed by atoms with van der Waals surface area (Å²) < 4.78 is 38.4. The number of halogens is 3. The standard InChI is InChI=1S/C16H10F3N3O4/c17-16(18,19)11-3-1-2-9(4-11)10-5-13(22-26)14(20-6-10)15(25)21-7-12(24)8-23/h1-6,8H,7H2,(H,21,25). The van der Waals surface area contributed by atoms with Crippen LogP contribution in [-0.4, -0.2) is 29.5 Å². The van der Waals surface area contributed by atoms with Gasteiger partial charge in [-0.2, -0.15) is 13.2 Å². The molecule has 0 fully saturated rings. The molecule has 26 heavy (non-hydrogen) atoms. The lowest BCUT2D eigenvalue weighted by Gasteiger charge is -2.10. The van der Waals surface area contributed by atoms with E-state index in [0.717, 1.165) is 24.4 Å². The van der Waals surface area contributed by atoms with Crippen molar-refractivity contribution in [2.45, 2.75) is 6.18 Å². The minimum absolute atomic E-state index is 0.0172. The Balaban J connectivity index is 2.34. The van der Waals surface area contributed by atoms with E-state index in [9.17, 15) is 32.5 Å². The van der Waals surface area contributed by atoms with Gasteiger partial charge in [-0.25, -0.2) is 4.98 Å². The van der Waals surface area contributed by atoms with E-state index < -0.39 is 41.4 Å². The number of benzene rings is 1. The van der Waals surface area contributed by atoms with Crippen molar-refractivity contribution in [3.63, 3.8) is 0 Å². The summed E-state index contributed by atoms with van der Waals surface area (Å²) in [6, 6.07) is 5.43. The number of carbonyl (C=O) groups is 3. The van der Waals surface area contributed by atoms with E-state index >= 15 is 0 Å². The molecule has 134 valence electrons. The Morgan fingerprint density at radius 2 is 1.92 bits per heavy atom. The van der Waals surface area contributed by atoms with Crippen LogP contribution in [0, 0.1) is 4.91 Å². The lowest BCUT2D eigenvalue weighted by atomic mass is 10.0. The first-order valence-electron chi connectivity index (χ1n) is 7.03. The number of alkyl halides is 3. The van der Waals surface area contributed by atoms with Crippen LogP contribution >= 0.6 is 0 Å². The summed E-state index contributed by atoms with van der Waals surface area (Å²) in [6.07, 6.45) is -3.43. The monoisotopic (exact) mass is 365 g/mol. The Hall–Kier alpha value is -3.43. The summed E-state index contributed by atoms with van der Waals surface area (Å²) in [5.41, 5.74) is -1.46. The van der Waals surface area contributed by atoms with E-state index in [1.807, 2.05) is 0 Å². The minimum atomic E-state index is -4.54. The topological polar surface area (TPSA) is 106 Å². The molecule has 1 N–H and O–H groups in total. The Morgan fingerprint density at radius 3 is 2.54 bits per heavy atom. The normalized spacial score (nSPS) is 10.9. The number of aldehydes is 1. The summed E-state index contributed by atoms with van der Waals surface area (Å²) in [7, 11) is 0. The number of ketones is 1. The summed E-state index contributed by atoms with van der Waals surface area (Å²) >= 11 is 0.